The summed E-state index contributed by atoms with van der Waals surface area (Å²) in [6, 6.07) is 13.9. The van der Waals surface area contributed by atoms with Crippen molar-refractivity contribution in [1.82, 2.24) is 19.9 Å². The van der Waals surface area contributed by atoms with Crippen molar-refractivity contribution in [3.63, 3.8) is 0 Å². The Balaban J connectivity index is 1.77. The highest BCUT2D eigenvalue weighted by Gasteiger charge is 2.14. The minimum atomic E-state index is -0.143. The molecule has 0 bridgehead atoms. The summed E-state index contributed by atoms with van der Waals surface area (Å²) in [6.07, 6.45) is 4.30. The molecular weight excluding hydrogens is 302 g/mol. The fraction of sp³-hybridized carbons (Fsp3) is 0.278. The molecule has 0 radical (unpaired) electrons. The number of aryl methyl sites for hydroxylation is 2. The van der Waals surface area contributed by atoms with Crippen molar-refractivity contribution in [1.29, 1.82) is 0 Å². The molecular formula is C18H21N5O. The van der Waals surface area contributed by atoms with Crippen LogP contribution in [0.4, 0.5) is 0 Å². The van der Waals surface area contributed by atoms with Gasteiger partial charge in [0.15, 0.2) is 5.65 Å². The van der Waals surface area contributed by atoms with Crippen LogP contribution in [0.25, 0.3) is 5.65 Å². The molecule has 0 unspecified atom stereocenters. The highest BCUT2D eigenvalue weighted by atomic mass is 16.1. The Hall–Kier alpha value is -2.73. The molecule has 124 valence electrons. The Morgan fingerprint density at radius 2 is 1.92 bits per heavy atom. The van der Waals surface area contributed by atoms with Gasteiger partial charge >= 0.3 is 0 Å². The van der Waals surface area contributed by atoms with Crippen LogP contribution < -0.4 is 11.1 Å². The summed E-state index contributed by atoms with van der Waals surface area (Å²) >= 11 is 0. The zero-order chi connectivity index (χ0) is 16.8. The number of nitrogens with zero attached hydrogens (tertiary/aromatic N) is 3. The predicted molar refractivity (Wildman–Crippen MR) is 92.8 cm³/mol. The van der Waals surface area contributed by atoms with Crippen molar-refractivity contribution in [2.75, 3.05) is 13.1 Å². The van der Waals surface area contributed by atoms with Crippen LogP contribution in [-0.2, 0) is 12.8 Å². The molecule has 24 heavy (non-hydrogen) atoms. The first-order valence-electron chi connectivity index (χ1n) is 8.14. The lowest BCUT2D eigenvalue weighted by atomic mass is 10.1. The molecule has 0 saturated heterocycles. The van der Waals surface area contributed by atoms with E-state index in [-0.39, 0.29) is 5.91 Å². The van der Waals surface area contributed by atoms with Gasteiger partial charge in [0, 0.05) is 19.2 Å². The van der Waals surface area contributed by atoms with Gasteiger partial charge in [0.1, 0.15) is 5.82 Å². The molecule has 3 aromatic rings. The Labute approximate surface area is 140 Å². The van der Waals surface area contributed by atoms with Gasteiger partial charge in [-0.15, -0.1) is 10.2 Å². The molecule has 6 nitrogen and oxygen atoms in total. The van der Waals surface area contributed by atoms with E-state index in [0.29, 0.717) is 24.3 Å². The number of carbonyl (C=O) groups is 1. The smallest absolute Gasteiger partial charge is 0.255 e. The zero-order valence-electron chi connectivity index (χ0n) is 13.5. The van der Waals surface area contributed by atoms with Crippen LogP contribution in [0.2, 0.25) is 0 Å². The summed E-state index contributed by atoms with van der Waals surface area (Å²) in [4.78, 5) is 12.3. The highest BCUT2D eigenvalue weighted by molar-refractivity contribution is 5.99. The van der Waals surface area contributed by atoms with Crippen LogP contribution >= 0.6 is 0 Å². The van der Waals surface area contributed by atoms with E-state index in [0.717, 1.165) is 25.1 Å². The second kappa shape index (κ2) is 7.70. The molecule has 0 aliphatic heterocycles. The lowest BCUT2D eigenvalue weighted by Gasteiger charge is -2.06. The van der Waals surface area contributed by atoms with Crippen molar-refractivity contribution >= 4 is 11.6 Å². The van der Waals surface area contributed by atoms with Crippen molar-refractivity contribution in [2.45, 2.75) is 19.3 Å². The molecule has 2 aromatic heterocycles. The molecule has 1 aromatic carbocycles. The monoisotopic (exact) mass is 323 g/mol. The Morgan fingerprint density at radius 3 is 2.71 bits per heavy atom. The number of carbonyl (C=O) groups excluding carboxylic acids is 1. The topological polar surface area (TPSA) is 85.3 Å². The van der Waals surface area contributed by atoms with Gasteiger partial charge in [-0.1, -0.05) is 30.3 Å². The van der Waals surface area contributed by atoms with E-state index in [2.05, 4.69) is 27.6 Å². The third-order valence-electron chi connectivity index (χ3n) is 3.90. The number of nitrogens with two attached hydrogens (primary N) is 1. The maximum Gasteiger partial charge on any atom is 0.255 e. The van der Waals surface area contributed by atoms with Crippen molar-refractivity contribution in [3.05, 3.63) is 65.6 Å². The number of nitrogens with one attached hydrogen (secondary N) is 1. The lowest BCUT2D eigenvalue weighted by molar-refractivity contribution is 0.0954. The number of hydrogen-bond acceptors (Lipinski definition) is 4. The van der Waals surface area contributed by atoms with Gasteiger partial charge in [-0.2, -0.15) is 0 Å². The van der Waals surface area contributed by atoms with Crippen LogP contribution in [0.15, 0.2) is 48.7 Å². The number of hydrogen-bond donors (Lipinski definition) is 2. The summed E-state index contributed by atoms with van der Waals surface area (Å²) in [7, 11) is 0. The fourth-order valence-electron chi connectivity index (χ4n) is 2.61. The SMILES string of the molecule is NCCCNC(=O)c1cccn2c(CCc3ccccc3)nnc12. The Bertz CT molecular complexity index is 813. The zero-order valence-corrected chi connectivity index (χ0v) is 13.5. The van der Waals surface area contributed by atoms with Gasteiger partial charge in [-0.3, -0.25) is 9.20 Å². The van der Waals surface area contributed by atoms with Crippen LogP contribution in [0.3, 0.4) is 0 Å². The summed E-state index contributed by atoms with van der Waals surface area (Å²) in [5.41, 5.74) is 7.83. The molecule has 0 spiro atoms. The summed E-state index contributed by atoms with van der Waals surface area (Å²) in [5, 5.41) is 11.3. The lowest BCUT2D eigenvalue weighted by Crippen LogP contribution is -2.26. The Morgan fingerprint density at radius 1 is 1.08 bits per heavy atom. The maximum atomic E-state index is 12.3. The summed E-state index contributed by atoms with van der Waals surface area (Å²) in [6.45, 7) is 1.12. The van der Waals surface area contributed by atoms with Crippen LogP contribution in [0, 0.1) is 0 Å². The van der Waals surface area contributed by atoms with E-state index in [9.17, 15) is 4.79 Å². The number of fused-ring (bicyclic) bond motifs is 1. The van der Waals surface area contributed by atoms with Gasteiger partial charge in [0.05, 0.1) is 5.56 Å². The maximum absolute atomic E-state index is 12.3. The van der Waals surface area contributed by atoms with Crippen molar-refractivity contribution in [2.24, 2.45) is 5.73 Å². The van der Waals surface area contributed by atoms with Crippen molar-refractivity contribution in [3.8, 4) is 0 Å². The number of benzene rings is 1. The fourth-order valence-corrected chi connectivity index (χ4v) is 2.61. The van der Waals surface area contributed by atoms with E-state index < -0.39 is 0 Å². The quantitative estimate of drug-likeness (QED) is 0.647. The largest absolute Gasteiger partial charge is 0.352 e. The average Bonchev–Trinajstić information content (AvgIpc) is 3.04. The molecule has 3 N–H and O–H groups in total. The van der Waals surface area contributed by atoms with E-state index in [4.69, 9.17) is 5.73 Å². The van der Waals surface area contributed by atoms with Crippen LogP contribution in [0.1, 0.15) is 28.2 Å². The highest BCUT2D eigenvalue weighted by Crippen LogP contribution is 2.12. The van der Waals surface area contributed by atoms with Gasteiger partial charge in [-0.05, 0) is 37.1 Å². The van der Waals surface area contributed by atoms with Gasteiger partial charge in [-0.25, -0.2) is 0 Å². The third kappa shape index (κ3) is 3.60. The molecule has 1 amide bonds. The van der Waals surface area contributed by atoms with Crippen molar-refractivity contribution < 1.29 is 4.79 Å². The number of rotatable bonds is 7. The summed E-state index contributed by atoms with van der Waals surface area (Å²) in [5.74, 6) is 0.710. The van der Waals surface area contributed by atoms with E-state index in [1.165, 1.54) is 5.56 Å². The number of aromatic nitrogens is 3. The van der Waals surface area contributed by atoms with Gasteiger partial charge in [0.2, 0.25) is 0 Å². The first-order chi connectivity index (χ1) is 11.8. The van der Waals surface area contributed by atoms with Gasteiger partial charge < -0.3 is 11.1 Å². The molecule has 6 heteroatoms. The normalized spacial score (nSPS) is 10.9. The van der Waals surface area contributed by atoms with Gasteiger partial charge in [0.25, 0.3) is 5.91 Å². The third-order valence-corrected chi connectivity index (χ3v) is 3.90. The molecule has 0 atom stereocenters. The molecule has 0 aliphatic carbocycles. The Kier molecular flexibility index (Phi) is 5.18. The second-order valence-corrected chi connectivity index (χ2v) is 5.62. The number of pyridine rings is 1. The standard InChI is InChI=1S/C18H21N5O/c19-11-5-12-20-18(24)15-8-4-13-23-16(21-22-17(15)23)10-9-14-6-2-1-3-7-14/h1-4,6-8,13H,5,9-12,19H2,(H,20,24). The first-order valence-corrected chi connectivity index (χ1v) is 8.14. The van der Waals surface area contributed by atoms with Crippen LogP contribution in [-0.4, -0.2) is 33.6 Å². The number of amides is 1. The molecule has 0 aliphatic rings. The van der Waals surface area contributed by atoms with E-state index >= 15 is 0 Å². The molecule has 3 rings (SSSR count). The molecule has 0 saturated carbocycles. The average molecular weight is 323 g/mol. The van der Waals surface area contributed by atoms with Crippen LogP contribution in [0.5, 0.6) is 0 Å². The molecule has 2 heterocycles. The summed E-state index contributed by atoms with van der Waals surface area (Å²) < 4.78 is 1.89. The minimum Gasteiger partial charge on any atom is -0.352 e. The minimum absolute atomic E-state index is 0.143. The second-order valence-electron chi connectivity index (χ2n) is 5.62. The van der Waals surface area contributed by atoms with E-state index in [1.807, 2.05) is 34.9 Å². The predicted octanol–water partition coefficient (Wildman–Crippen LogP) is 1.59. The first kappa shape index (κ1) is 16.1. The molecule has 0 fully saturated rings. The van der Waals surface area contributed by atoms with E-state index in [1.54, 1.807) is 6.07 Å².